The molecule has 0 radical (unpaired) electrons. The number of aromatic amines is 1. The molecule has 3 aromatic rings. The smallest absolute Gasteiger partial charge is 0.203 e. The quantitative estimate of drug-likeness (QED) is 0.569. The molecular weight excluding hydrogens is 262 g/mol. The van der Waals surface area contributed by atoms with Crippen LogP contribution in [-0.4, -0.2) is 15.7 Å². The van der Waals surface area contributed by atoms with E-state index in [1.807, 2.05) is 55.5 Å². The number of aryl methyl sites for hydroxylation is 1. The Morgan fingerprint density at radius 2 is 2.10 bits per heavy atom. The standard InChI is InChI=1S/C16H13N5/c1-11-5-4-6-12(9-11)20-21-15(10-17)16-18-13-7-2-3-8-14(13)19-16/h2-9,20H,1H3,(H,18,19)/b21-15+. The van der Waals surface area contributed by atoms with E-state index in [-0.39, 0.29) is 5.71 Å². The maximum absolute atomic E-state index is 9.26. The molecule has 0 amide bonds. The van der Waals surface area contributed by atoms with Gasteiger partial charge in [0.25, 0.3) is 0 Å². The molecule has 1 aromatic heterocycles. The Hall–Kier alpha value is -3.13. The van der Waals surface area contributed by atoms with Gasteiger partial charge in [-0.3, -0.25) is 5.43 Å². The molecular formula is C16H13N5. The van der Waals surface area contributed by atoms with Crippen molar-refractivity contribution >= 4 is 22.4 Å². The lowest BCUT2D eigenvalue weighted by Crippen LogP contribution is -2.04. The van der Waals surface area contributed by atoms with Crippen LogP contribution in [0.4, 0.5) is 5.69 Å². The number of aromatic nitrogens is 2. The maximum Gasteiger partial charge on any atom is 0.203 e. The van der Waals surface area contributed by atoms with Gasteiger partial charge in [-0.15, -0.1) is 0 Å². The molecule has 0 atom stereocenters. The molecule has 2 aromatic carbocycles. The van der Waals surface area contributed by atoms with Crippen molar-refractivity contribution < 1.29 is 0 Å². The topological polar surface area (TPSA) is 76.9 Å². The summed E-state index contributed by atoms with van der Waals surface area (Å²) in [6.07, 6.45) is 0. The van der Waals surface area contributed by atoms with Crippen molar-refractivity contribution in [3.63, 3.8) is 0 Å². The fraction of sp³-hybridized carbons (Fsp3) is 0.0625. The summed E-state index contributed by atoms with van der Waals surface area (Å²) < 4.78 is 0. The van der Waals surface area contributed by atoms with Crippen LogP contribution in [0, 0.1) is 18.3 Å². The fourth-order valence-corrected chi connectivity index (χ4v) is 2.03. The van der Waals surface area contributed by atoms with Crippen LogP contribution in [0.1, 0.15) is 11.4 Å². The number of hydrogen-bond acceptors (Lipinski definition) is 4. The molecule has 0 aliphatic carbocycles. The third kappa shape index (κ3) is 2.74. The predicted molar refractivity (Wildman–Crippen MR) is 83.0 cm³/mol. The normalized spacial score (nSPS) is 11.3. The number of nitrogens with one attached hydrogen (secondary N) is 2. The molecule has 0 aliphatic rings. The molecule has 0 aliphatic heterocycles. The zero-order chi connectivity index (χ0) is 14.7. The Bertz CT molecular complexity index is 821. The number of anilines is 1. The molecule has 0 unspecified atom stereocenters. The first-order valence-corrected chi connectivity index (χ1v) is 6.52. The predicted octanol–water partition coefficient (Wildman–Crippen LogP) is 3.21. The largest absolute Gasteiger partial charge is 0.336 e. The van der Waals surface area contributed by atoms with Crippen LogP contribution in [0.2, 0.25) is 0 Å². The van der Waals surface area contributed by atoms with Crippen LogP contribution in [0.3, 0.4) is 0 Å². The molecule has 5 nitrogen and oxygen atoms in total. The summed E-state index contributed by atoms with van der Waals surface area (Å²) in [6, 6.07) is 17.5. The van der Waals surface area contributed by atoms with Crippen molar-refractivity contribution in [2.45, 2.75) is 6.92 Å². The van der Waals surface area contributed by atoms with Crippen molar-refractivity contribution in [3.8, 4) is 6.07 Å². The van der Waals surface area contributed by atoms with E-state index in [1.54, 1.807) is 0 Å². The SMILES string of the molecule is Cc1cccc(N/N=C(\C#N)c2nc3ccccc3[nH]2)c1. The fourth-order valence-electron chi connectivity index (χ4n) is 2.03. The lowest BCUT2D eigenvalue weighted by atomic mass is 10.2. The molecule has 5 heteroatoms. The number of para-hydroxylation sites is 2. The molecule has 1 heterocycles. The summed E-state index contributed by atoms with van der Waals surface area (Å²) in [5.41, 5.74) is 6.75. The van der Waals surface area contributed by atoms with Crippen molar-refractivity contribution in [2.75, 3.05) is 5.43 Å². The van der Waals surface area contributed by atoms with Crippen LogP contribution in [0.25, 0.3) is 11.0 Å². The summed E-state index contributed by atoms with van der Waals surface area (Å²) in [4.78, 5) is 7.45. The second kappa shape index (κ2) is 5.47. The number of fused-ring (bicyclic) bond motifs is 1. The first-order chi connectivity index (χ1) is 10.3. The molecule has 0 spiro atoms. The van der Waals surface area contributed by atoms with Crippen molar-refractivity contribution in [1.29, 1.82) is 5.26 Å². The van der Waals surface area contributed by atoms with E-state index in [2.05, 4.69) is 26.6 Å². The molecule has 2 N–H and O–H groups in total. The van der Waals surface area contributed by atoms with Gasteiger partial charge < -0.3 is 4.98 Å². The van der Waals surface area contributed by atoms with Gasteiger partial charge in [0.15, 0.2) is 5.82 Å². The summed E-state index contributed by atoms with van der Waals surface area (Å²) in [7, 11) is 0. The van der Waals surface area contributed by atoms with Crippen LogP contribution in [0.15, 0.2) is 53.6 Å². The van der Waals surface area contributed by atoms with Gasteiger partial charge >= 0.3 is 0 Å². The van der Waals surface area contributed by atoms with Gasteiger partial charge in [0.05, 0.1) is 16.7 Å². The number of hydrazone groups is 1. The second-order valence-corrected chi connectivity index (χ2v) is 4.66. The van der Waals surface area contributed by atoms with E-state index < -0.39 is 0 Å². The van der Waals surface area contributed by atoms with E-state index >= 15 is 0 Å². The summed E-state index contributed by atoms with van der Waals surface area (Å²) in [5.74, 6) is 0.457. The van der Waals surface area contributed by atoms with Gasteiger partial charge in [-0.25, -0.2) is 4.98 Å². The first kappa shape index (κ1) is 12.9. The molecule has 102 valence electrons. The average Bonchev–Trinajstić information content (AvgIpc) is 2.91. The Morgan fingerprint density at radius 1 is 1.24 bits per heavy atom. The Balaban J connectivity index is 1.91. The highest BCUT2D eigenvalue weighted by atomic mass is 15.3. The number of imidazole rings is 1. The van der Waals surface area contributed by atoms with E-state index in [4.69, 9.17) is 0 Å². The van der Waals surface area contributed by atoms with E-state index in [9.17, 15) is 5.26 Å². The highest BCUT2D eigenvalue weighted by molar-refractivity contribution is 6.10. The molecule has 0 saturated carbocycles. The maximum atomic E-state index is 9.26. The number of nitrogens with zero attached hydrogens (tertiary/aromatic N) is 3. The zero-order valence-corrected chi connectivity index (χ0v) is 11.5. The van der Waals surface area contributed by atoms with Crippen LogP contribution >= 0.6 is 0 Å². The Morgan fingerprint density at radius 3 is 2.86 bits per heavy atom. The van der Waals surface area contributed by atoms with Gasteiger partial charge in [0.2, 0.25) is 5.71 Å². The monoisotopic (exact) mass is 275 g/mol. The van der Waals surface area contributed by atoms with E-state index in [0.29, 0.717) is 5.82 Å². The Labute approximate surface area is 122 Å². The summed E-state index contributed by atoms with van der Waals surface area (Å²) in [6.45, 7) is 2.00. The summed E-state index contributed by atoms with van der Waals surface area (Å²) >= 11 is 0. The number of hydrogen-bond donors (Lipinski definition) is 2. The molecule has 0 saturated heterocycles. The second-order valence-electron chi connectivity index (χ2n) is 4.66. The third-order valence-corrected chi connectivity index (χ3v) is 3.03. The first-order valence-electron chi connectivity index (χ1n) is 6.52. The van der Waals surface area contributed by atoms with Gasteiger partial charge in [-0.1, -0.05) is 24.3 Å². The lowest BCUT2D eigenvalue weighted by Gasteiger charge is -2.01. The number of H-pyrrole nitrogens is 1. The molecule has 0 bridgehead atoms. The van der Waals surface area contributed by atoms with Gasteiger partial charge in [0.1, 0.15) is 6.07 Å². The minimum Gasteiger partial charge on any atom is -0.336 e. The van der Waals surface area contributed by atoms with Crippen LogP contribution in [0.5, 0.6) is 0 Å². The summed E-state index contributed by atoms with van der Waals surface area (Å²) in [5, 5.41) is 13.4. The van der Waals surface area contributed by atoms with Gasteiger partial charge in [-0.2, -0.15) is 10.4 Å². The molecule has 3 rings (SSSR count). The minimum atomic E-state index is 0.215. The third-order valence-electron chi connectivity index (χ3n) is 3.03. The van der Waals surface area contributed by atoms with Crippen LogP contribution < -0.4 is 5.43 Å². The van der Waals surface area contributed by atoms with E-state index in [0.717, 1.165) is 22.3 Å². The highest BCUT2D eigenvalue weighted by Gasteiger charge is 2.08. The molecule has 21 heavy (non-hydrogen) atoms. The molecule has 0 fully saturated rings. The van der Waals surface area contributed by atoms with Crippen LogP contribution in [-0.2, 0) is 0 Å². The van der Waals surface area contributed by atoms with E-state index in [1.165, 1.54) is 0 Å². The number of benzene rings is 2. The van der Waals surface area contributed by atoms with Crippen molar-refractivity contribution in [1.82, 2.24) is 9.97 Å². The minimum absolute atomic E-state index is 0.215. The van der Waals surface area contributed by atoms with Gasteiger partial charge in [-0.05, 0) is 36.8 Å². The van der Waals surface area contributed by atoms with Gasteiger partial charge in [0, 0.05) is 0 Å². The highest BCUT2D eigenvalue weighted by Crippen LogP contribution is 2.12. The number of nitriles is 1. The van der Waals surface area contributed by atoms with Crippen molar-refractivity contribution in [3.05, 3.63) is 59.9 Å². The Kier molecular flexibility index (Phi) is 3.36. The van der Waals surface area contributed by atoms with Crippen molar-refractivity contribution in [2.24, 2.45) is 5.10 Å². The number of rotatable bonds is 3. The average molecular weight is 275 g/mol. The zero-order valence-electron chi connectivity index (χ0n) is 11.5. The lowest BCUT2D eigenvalue weighted by molar-refractivity contribution is 1.25.